The lowest BCUT2D eigenvalue weighted by atomic mass is 10.1. The number of benzene rings is 1. The molecule has 0 bridgehead atoms. The molecule has 0 unspecified atom stereocenters. The van der Waals surface area contributed by atoms with E-state index in [1.54, 1.807) is 19.2 Å². The third-order valence-electron chi connectivity index (χ3n) is 3.04. The Bertz CT molecular complexity index is 693. The Labute approximate surface area is 128 Å². The summed E-state index contributed by atoms with van der Waals surface area (Å²) >= 11 is 3.39. The lowest BCUT2D eigenvalue weighted by Gasteiger charge is -2.14. The molecule has 1 aromatic heterocycles. The highest BCUT2D eigenvalue weighted by molar-refractivity contribution is 9.10. The fourth-order valence-corrected chi connectivity index (χ4v) is 2.32. The second kappa shape index (κ2) is 5.40. The molecule has 0 amide bonds. The third-order valence-corrected chi connectivity index (χ3v) is 3.50. The van der Waals surface area contributed by atoms with Gasteiger partial charge in [-0.2, -0.15) is 0 Å². The first-order valence-corrected chi connectivity index (χ1v) is 7.12. The van der Waals surface area contributed by atoms with Crippen molar-refractivity contribution in [2.75, 3.05) is 7.11 Å². The van der Waals surface area contributed by atoms with E-state index in [1.165, 1.54) is 6.07 Å². The molecular weight excluding hydrogens is 342 g/mol. The molecule has 110 valence electrons. The van der Waals surface area contributed by atoms with Crippen molar-refractivity contribution in [2.24, 2.45) is 0 Å². The first-order chi connectivity index (χ1) is 10.1. The van der Waals surface area contributed by atoms with Crippen molar-refractivity contribution in [1.82, 2.24) is 5.16 Å². The van der Waals surface area contributed by atoms with Crippen LogP contribution >= 0.6 is 15.9 Å². The summed E-state index contributed by atoms with van der Waals surface area (Å²) in [5.74, 6) is 0.273. The zero-order valence-corrected chi connectivity index (χ0v) is 12.7. The van der Waals surface area contributed by atoms with Crippen LogP contribution in [0, 0.1) is 0 Å². The fourth-order valence-electron chi connectivity index (χ4n) is 1.88. The Balaban J connectivity index is 2.09. The Morgan fingerprint density at radius 3 is 2.76 bits per heavy atom. The number of carboxylic acid groups (broad SMARTS) is 1. The van der Waals surface area contributed by atoms with E-state index in [2.05, 4.69) is 21.1 Å². The molecule has 1 aliphatic carbocycles. The number of aromatic nitrogens is 1. The van der Waals surface area contributed by atoms with Gasteiger partial charge in [0.2, 0.25) is 0 Å². The van der Waals surface area contributed by atoms with Crippen LogP contribution in [-0.4, -0.2) is 29.4 Å². The van der Waals surface area contributed by atoms with Crippen LogP contribution in [-0.2, 0) is 0 Å². The molecule has 7 heteroatoms. The summed E-state index contributed by atoms with van der Waals surface area (Å²) in [4.78, 5) is 10.9. The van der Waals surface area contributed by atoms with Gasteiger partial charge in [-0.1, -0.05) is 21.1 Å². The number of nitrogens with zero attached hydrogens (tertiary/aromatic N) is 1. The van der Waals surface area contributed by atoms with Crippen molar-refractivity contribution in [3.05, 3.63) is 28.4 Å². The molecule has 0 atom stereocenters. The Morgan fingerprint density at radius 1 is 1.43 bits per heavy atom. The van der Waals surface area contributed by atoms with Crippen LogP contribution in [0.1, 0.15) is 23.3 Å². The second-order valence-corrected chi connectivity index (χ2v) is 5.60. The van der Waals surface area contributed by atoms with Gasteiger partial charge in [0, 0.05) is 10.5 Å². The van der Waals surface area contributed by atoms with E-state index in [1.807, 2.05) is 0 Å². The second-order valence-electron chi connectivity index (χ2n) is 4.68. The molecule has 6 nitrogen and oxygen atoms in total. The number of aromatic carboxylic acids is 1. The predicted octanol–water partition coefficient (Wildman–Crippen LogP) is 3.35. The zero-order chi connectivity index (χ0) is 15.0. The maximum Gasteiger partial charge on any atom is 0.358 e. The van der Waals surface area contributed by atoms with Crippen LogP contribution in [0.5, 0.6) is 11.5 Å². The van der Waals surface area contributed by atoms with E-state index in [-0.39, 0.29) is 11.8 Å². The minimum Gasteiger partial charge on any atom is -0.493 e. The number of halogens is 1. The normalized spacial score (nSPS) is 14.0. The van der Waals surface area contributed by atoms with Gasteiger partial charge in [-0.15, -0.1) is 0 Å². The van der Waals surface area contributed by atoms with Crippen LogP contribution in [0.2, 0.25) is 0 Å². The molecule has 2 aromatic rings. The minimum absolute atomic E-state index is 0.152. The molecule has 1 saturated carbocycles. The third kappa shape index (κ3) is 2.87. The van der Waals surface area contributed by atoms with Crippen molar-refractivity contribution in [3.8, 4) is 22.8 Å². The minimum atomic E-state index is -1.14. The van der Waals surface area contributed by atoms with Gasteiger partial charge in [-0.05, 0) is 25.0 Å². The number of hydrogen-bond donors (Lipinski definition) is 1. The van der Waals surface area contributed by atoms with Gasteiger partial charge < -0.3 is 19.1 Å². The van der Waals surface area contributed by atoms with Crippen LogP contribution in [0.3, 0.4) is 0 Å². The van der Waals surface area contributed by atoms with E-state index >= 15 is 0 Å². The van der Waals surface area contributed by atoms with Gasteiger partial charge in [-0.25, -0.2) is 4.79 Å². The Kier molecular flexibility index (Phi) is 3.59. The van der Waals surface area contributed by atoms with Crippen molar-refractivity contribution in [1.29, 1.82) is 0 Å². The molecule has 1 heterocycles. The Hall–Kier alpha value is -2.02. The smallest absolute Gasteiger partial charge is 0.358 e. The lowest BCUT2D eigenvalue weighted by Crippen LogP contribution is -2.00. The topological polar surface area (TPSA) is 81.8 Å². The van der Waals surface area contributed by atoms with Crippen LogP contribution in [0.25, 0.3) is 11.3 Å². The van der Waals surface area contributed by atoms with E-state index in [9.17, 15) is 4.79 Å². The van der Waals surface area contributed by atoms with E-state index < -0.39 is 5.97 Å². The SMILES string of the molecule is COc1cc(Br)cc(-c2cc(C(=O)O)no2)c1OC1CC1. The number of carbonyl (C=O) groups is 1. The summed E-state index contributed by atoms with van der Waals surface area (Å²) in [7, 11) is 1.55. The first-order valence-electron chi connectivity index (χ1n) is 6.33. The number of methoxy groups -OCH3 is 1. The fraction of sp³-hybridized carbons (Fsp3) is 0.286. The van der Waals surface area contributed by atoms with E-state index in [4.69, 9.17) is 19.1 Å². The molecule has 3 rings (SSSR count). The summed E-state index contributed by atoms with van der Waals surface area (Å²) in [6, 6.07) is 4.94. The van der Waals surface area contributed by atoms with Crippen molar-refractivity contribution in [2.45, 2.75) is 18.9 Å². The predicted molar refractivity (Wildman–Crippen MR) is 76.8 cm³/mol. The van der Waals surface area contributed by atoms with Gasteiger partial charge in [-0.3, -0.25) is 0 Å². The highest BCUT2D eigenvalue weighted by Gasteiger charge is 2.28. The summed E-state index contributed by atoms with van der Waals surface area (Å²) in [6.45, 7) is 0. The maximum atomic E-state index is 10.9. The summed E-state index contributed by atoms with van der Waals surface area (Å²) < 4.78 is 17.1. The molecule has 0 saturated heterocycles. The van der Waals surface area contributed by atoms with Crippen molar-refractivity contribution in [3.63, 3.8) is 0 Å². The summed E-state index contributed by atoms with van der Waals surface area (Å²) in [5, 5.41) is 12.5. The number of ether oxygens (including phenoxy) is 2. The van der Waals surface area contributed by atoms with Crippen molar-refractivity contribution >= 4 is 21.9 Å². The average Bonchev–Trinajstić information content (AvgIpc) is 3.13. The van der Waals surface area contributed by atoms with Gasteiger partial charge in [0.25, 0.3) is 0 Å². The highest BCUT2D eigenvalue weighted by atomic mass is 79.9. The summed E-state index contributed by atoms with van der Waals surface area (Å²) in [6.07, 6.45) is 2.16. The molecule has 1 aromatic carbocycles. The number of rotatable bonds is 5. The van der Waals surface area contributed by atoms with Gasteiger partial charge in [0.15, 0.2) is 23.0 Å². The molecule has 1 N–H and O–H groups in total. The standard InChI is InChI=1S/C14H12BrNO5/c1-19-12-5-7(15)4-9(13(12)20-8-2-3-8)11-6-10(14(17)18)16-21-11/h4-6,8H,2-3H2,1H3,(H,17,18). The number of hydrogen-bond acceptors (Lipinski definition) is 5. The molecule has 1 fully saturated rings. The quantitative estimate of drug-likeness (QED) is 0.887. The molecular formula is C14H12BrNO5. The largest absolute Gasteiger partial charge is 0.493 e. The number of carboxylic acids is 1. The van der Waals surface area contributed by atoms with Crippen LogP contribution in [0.4, 0.5) is 0 Å². The zero-order valence-electron chi connectivity index (χ0n) is 11.1. The van der Waals surface area contributed by atoms with Crippen molar-refractivity contribution < 1.29 is 23.9 Å². The van der Waals surface area contributed by atoms with E-state index in [0.29, 0.717) is 22.8 Å². The molecule has 0 spiro atoms. The van der Waals surface area contributed by atoms with Gasteiger partial charge >= 0.3 is 5.97 Å². The maximum absolute atomic E-state index is 10.9. The molecule has 1 aliphatic rings. The van der Waals surface area contributed by atoms with Crippen LogP contribution < -0.4 is 9.47 Å². The monoisotopic (exact) mass is 353 g/mol. The highest BCUT2D eigenvalue weighted by Crippen LogP contribution is 2.43. The summed E-state index contributed by atoms with van der Waals surface area (Å²) in [5.41, 5.74) is 0.453. The molecule has 0 aliphatic heterocycles. The van der Waals surface area contributed by atoms with Gasteiger partial charge in [0.05, 0.1) is 18.8 Å². The first kappa shape index (κ1) is 13.9. The molecule has 0 radical (unpaired) electrons. The Morgan fingerprint density at radius 2 is 2.19 bits per heavy atom. The van der Waals surface area contributed by atoms with E-state index in [0.717, 1.165) is 17.3 Å². The average molecular weight is 354 g/mol. The van der Waals surface area contributed by atoms with Gasteiger partial charge in [0.1, 0.15) is 0 Å². The lowest BCUT2D eigenvalue weighted by molar-refractivity contribution is 0.0686. The molecule has 21 heavy (non-hydrogen) atoms. The van der Waals surface area contributed by atoms with Crippen LogP contribution in [0.15, 0.2) is 27.2 Å².